The molecule has 0 aromatic carbocycles. The highest BCUT2D eigenvalue weighted by Crippen LogP contribution is 2.03. The van der Waals surface area contributed by atoms with E-state index in [1.54, 1.807) is 18.4 Å². The van der Waals surface area contributed by atoms with Gasteiger partial charge in [0.2, 0.25) is 0 Å². The molecule has 0 fully saturated rings. The number of carbonyl (C=O) groups is 1. The van der Waals surface area contributed by atoms with Crippen LogP contribution in [-0.4, -0.2) is 37.1 Å². The van der Waals surface area contributed by atoms with Crippen molar-refractivity contribution in [3.8, 4) is 0 Å². The zero-order valence-corrected chi connectivity index (χ0v) is 8.14. The molecule has 1 atom stereocenters. The first-order valence-electron chi connectivity index (χ1n) is 4.29. The van der Waals surface area contributed by atoms with Gasteiger partial charge in [-0.25, -0.2) is 4.79 Å². The molecule has 78 valence electrons. The lowest BCUT2D eigenvalue weighted by Crippen LogP contribution is -2.21. The predicted octanol–water partition coefficient (Wildman–Crippen LogP) is -0.269. The van der Waals surface area contributed by atoms with Crippen LogP contribution in [0.5, 0.6) is 0 Å². The Morgan fingerprint density at radius 3 is 2.36 bits per heavy atom. The average molecular weight is 199 g/mol. The van der Waals surface area contributed by atoms with Gasteiger partial charge >= 0.3 is 5.97 Å². The van der Waals surface area contributed by atoms with Gasteiger partial charge in [-0.3, -0.25) is 0 Å². The lowest BCUT2D eigenvalue weighted by molar-refractivity contribution is -0.147. The molecule has 14 heavy (non-hydrogen) atoms. The van der Waals surface area contributed by atoms with Gasteiger partial charge < -0.3 is 14.8 Å². The minimum absolute atomic E-state index is 0.162. The third-order valence-corrected chi connectivity index (χ3v) is 2.03. The van der Waals surface area contributed by atoms with E-state index >= 15 is 0 Å². The molecule has 0 aliphatic heterocycles. The van der Waals surface area contributed by atoms with Crippen molar-refractivity contribution >= 4 is 5.97 Å². The van der Waals surface area contributed by atoms with Crippen LogP contribution < -0.4 is 0 Å². The van der Waals surface area contributed by atoms with Crippen molar-refractivity contribution in [3.05, 3.63) is 11.6 Å². The number of aromatic nitrogens is 3. The van der Waals surface area contributed by atoms with Gasteiger partial charge in [-0.2, -0.15) is 0 Å². The third-order valence-electron chi connectivity index (χ3n) is 2.03. The van der Waals surface area contributed by atoms with E-state index in [2.05, 4.69) is 10.2 Å². The molecule has 0 saturated carbocycles. The van der Waals surface area contributed by atoms with E-state index in [0.717, 1.165) is 11.6 Å². The maximum absolute atomic E-state index is 10.3. The van der Waals surface area contributed by atoms with Crippen LogP contribution in [0.2, 0.25) is 0 Å². The molecule has 1 rings (SSSR count). The van der Waals surface area contributed by atoms with Gasteiger partial charge in [0, 0.05) is 13.0 Å². The summed E-state index contributed by atoms with van der Waals surface area (Å²) in [5.41, 5.74) is 0. The molecule has 0 bridgehead atoms. The Kier molecular flexibility index (Phi) is 3.19. The third kappa shape index (κ3) is 2.29. The minimum atomic E-state index is -1.32. The normalized spacial score (nSPS) is 12.8. The SMILES string of the molecule is Cc1nnc(C)n1CCC(O)C(=O)O. The molecule has 1 unspecified atom stereocenters. The zero-order valence-electron chi connectivity index (χ0n) is 8.14. The van der Waals surface area contributed by atoms with Gasteiger partial charge in [-0.1, -0.05) is 0 Å². The highest BCUT2D eigenvalue weighted by molar-refractivity contribution is 5.71. The number of carboxylic acid groups (broad SMARTS) is 1. The van der Waals surface area contributed by atoms with E-state index in [-0.39, 0.29) is 6.42 Å². The Labute approximate surface area is 81.2 Å². The van der Waals surface area contributed by atoms with Crippen LogP contribution in [0.4, 0.5) is 0 Å². The zero-order chi connectivity index (χ0) is 10.7. The molecule has 0 aliphatic carbocycles. The van der Waals surface area contributed by atoms with Crippen molar-refractivity contribution in [1.29, 1.82) is 0 Å². The largest absolute Gasteiger partial charge is 0.479 e. The molecule has 0 radical (unpaired) electrons. The Hall–Kier alpha value is -1.43. The van der Waals surface area contributed by atoms with Crippen molar-refractivity contribution in [1.82, 2.24) is 14.8 Å². The fourth-order valence-electron chi connectivity index (χ4n) is 1.19. The van der Waals surface area contributed by atoms with E-state index < -0.39 is 12.1 Å². The van der Waals surface area contributed by atoms with Gasteiger partial charge in [-0.05, 0) is 13.8 Å². The topological polar surface area (TPSA) is 88.2 Å². The van der Waals surface area contributed by atoms with Crippen LogP contribution in [0.3, 0.4) is 0 Å². The van der Waals surface area contributed by atoms with E-state index in [9.17, 15) is 4.79 Å². The highest BCUT2D eigenvalue weighted by Gasteiger charge is 2.14. The van der Waals surface area contributed by atoms with E-state index in [4.69, 9.17) is 10.2 Å². The second-order valence-electron chi connectivity index (χ2n) is 3.09. The summed E-state index contributed by atoms with van der Waals surface area (Å²) in [4.78, 5) is 10.3. The molecule has 0 saturated heterocycles. The lowest BCUT2D eigenvalue weighted by Gasteiger charge is -2.08. The number of hydrogen-bond acceptors (Lipinski definition) is 4. The number of aliphatic hydroxyl groups excluding tert-OH is 1. The summed E-state index contributed by atoms with van der Waals surface area (Å²) in [6, 6.07) is 0. The summed E-state index contributed by atoms with van der Waals surface area (Å²) in [5.74, 6) is 0.244. The van der Waals surface area contributed by atoms with Crippen LogP contribution in [0.1, 0.15) is 18.1 Å². The molecule has 1 heterocycles. The van der Waals surface area contributed by atoms with Gasteiger partial charge in [0.25, 0.3) is 0 Å². The molecule has 1 aromatic rings. The molecule has 6 nitrogen and oxygen atoms in total. The Balaban J connectivity index is 2.57. The number of hydrogen-bond donors (Lipinski definition) is 2. The highest BCUT2D eigenvalue weighted by atomic mass is 16.4. The number of rotatable bonds is 4. The van der Waals surface area contributed by atoms with Gasteiger partial charge in [-0.15, -0.1) is 10.2 Å². The van der Waals surface area contributed by atoms with Gasteiger partial charge in [0.15, 0.2) is 6.10 Å². The first kappa shape index (κ1) is 10.6. The maximum Gasteiger partial charge on any atom is 0.332 e. The number of aryl methyl sites for hydroxylation is 2. The molecule has 0 amide bonds. The first-order chi connectivity index (χ1) is 6.52. The van der Waals surface area contributed by atoms with Crippen molar-refractivity contribution < 1.29 is 15.0 Å². The van der Waals surface area contributed by atoms with Crippen molar-refractivity contribution in [2.24, 2.45) is 0 Å². The Morgan fingerprint density at radius 2 is 1.93 bits per heavy atom. The summed E-state index contributed by atoms with van der Waals surface area (Å²) < 4.78 is 1.77. The molecular weight excluding hydrogens is 186 g/mol. The van der Waals surface area contributed by atoms with Crippen molar-refractivity contribution in [2.45, 2.75) is 32.9 Å². The van der Waals surface area contributed by atoms with E-state index in [0.29, 0.717) is 6.54 Å². The molecule has 1 aromatic heterocycles. The minimum Gasteiger partial charge on any atom is -0.479 e. The van der Waals surface area contributed by atoms with E-state index in [1.807, 2.05) is 0 Å². The summed E-state index contributed by atoms with van der Waals surface area (Å²) in [6.07, 6.45) is -1.16. The van der Waals surface area contributed by atoms with Gasteiger partial charge in [0.1, 0.15) is 11.6 Å². The van der Waals surface area contributed by atoms with Crippen LogP contribution in [0.15, 0.2) is 0 Å². The molecule has 2 N–H and O–H groups in total. The van der Waals surface area contributed by atoms with Crippen LogP contribution >= 0.6 is 0 Å². The van der Waals surface area contributed by atoms with Crippen LogP contribution in [0, 0.1) is 13.8 Å². The second kappa shape index (κ2) is 4.19. The molecule has 0 spiro atoms. The lowest BCUT2D eigenvalue weighted by atomic mass is 10.2. The smallest absolute Gasteiger partial charge is 0.332 e. The number of aliphatic hydroxyl groups is 1. The van der Waals surface area contributed by atoms with Crippen molar-refractivity contribution in [2.75, 3.05) is 0 Å². The Bertz CT molecular complexity index is 315. The predicted molar refractivity (Wildman–Crippen MR) is 47.8 cm³/mol. The Morgan fingerprint density at radius 1 is 1.43 bits per heavy atom. The maximum atomic E-state index is 10.3. The molecule has 0 aliphatic rings. The number of carboxylic acids is 1. The number of nitrogens with zero attached hydrogens (tertiary/aromatic N) is 3. The van der Waals surface area contributed by atoms with Crippen LogP contribution in [0.25, 0.3) is 0 Å². The fraction of sp³-hybridized carbons (Fsp3) is 0.625. The second-order valence-corrected chi connectivity index (χ2v) is 3.09. The van der Waals surface area contributed by atoms with E-state index in [1.165, 1.54) is 0 Å². The summed E-state index contributed by atoms with van der Waals surface area (Å²) >= 11 is 0. The average Bonchev–Trinajstić information content (AvgIpc) is 2.43. The first-order valence-corrected chi connectivity index (χ1v) is 4.29. The van der Waals surface area contributed by atoms with Gasteiger partial charge in [0.05, 0.1) is 0 Å². The monoisotopic (exact) mass is 199 g/mol. The van der Waals surface area contributed by atoms with Crippen LogP contribution in [-0.2, 0) is 11.3 Å². The summed E-state index contributed by atoms with van der Waals surface area (Å²) in [6.45, 7) is 3.98. The molecular formula is C8H13N3O3. The summed E-state index contributed by atoms with van der Waals surface area (Å²) in [5, 5.41) is 25.2. The standard InChI is InChI=1S/C8H13N3O3/c1-5-9-10-6(2)11(5)4-3-7(12)8(13)14/h7,12H,3-4H2,1-2H3,(H,13,14). The quantitative estimate of drug-likeness (QED) is 0.696. The van der Waals surface area contributed by atoms with Crippen molar-refractivity contribution in [3.63, 3.8) is 0 Å². The fourth-order valence-corrected chi connectivity index (χ4v) is 1.19. The molecule has 6 heteroatoms. The summed E-state index contributed by atoms with van der Waals surface area (Å²) in [7, 11) is 0. The number of aliphatic carboxylic acids is 1.